The van der Waals surface area contributed by atoms with Crippen molar-refractivity contribution in [2.45, 2.75) is 16.9 Å². The molecule has 0 aliphatic carbocycles. The highest BCUT2D eigenvalue weighted by Crippen LogP contribution is 2.26. The Morgan fingerprint density at radius 1 is 1.55 bits per heavy atom. The number of ether oxygens (including phenoxy) is 2. The van der Waals surface area contributed by atoms with Gasteiger partial charge in [0, 0.05) is 36.8 Å². The second-order valence-corrected chi connectivity index (χ2v) is 7.29. The SMILES string of the molecule is COC1(CNS(=O)(=O)c2cc(N)ccc2Br)CCOC1. The van der Waals surface area contributed by atoms with Gasteiger partial charge in [-0.2, -0.15) is 0 Å². The highest BCUT2D eigenvalue weighted by molar-refractivity contribution is 9.10. The van der Waals surface area contributed by atoms with Gasteiger partial charge in [0.25, 0.3) is 0 Å². The maximum absolute atomic E-state index is 12.3. The Morgan fingerprint density at radius 3 is 2.90 bits per heavy atom. The Bertz CT molecular complexity index is 585. The molecule has 1 aliphatic heterocycles. The van der Waals surface area contributed by atoms with Crippen molar-refractivity contribution in [3.8, 4) is 0 Å². The van der Waals surface area contributed by atoms with Crippen molar-refractivity contribution in [3.63, 3.8) is 0 Å². The molecule has 0 amide bonds. The molecule has 1 fully saturated rings. The predicted octanol–water partition coefficient (Wildman–Crippen LogP) is 1.12. The Balaban J connectivity index is 2.17. The molecule has 1 aromatic rings. The van der Waals surface area contributed by atoms with Crippen LogP contribution < -0.4 is 10.5 Å². The van der Waals surface area contributed by atoms with E-state index in [0.717, 1.165) is 0 Å². The molecule has 2 rings (SSSR count). The molecule has 1 unspecified atom stereocenters. The Hall–Kier alpha value is -0.670. The van der Waals surface area contributed by atoms with E-state index in [-0.39, 0.29) is 11.4 Å². The lowest BCUT2D eigenvalue weighted by Crippen LogP contribution is -2.45. The third-order valence-electron chi connectivity index (χ3n) is 3.33. The van der Waals surface area contributed by atoms with Crippen molar-refractivity contribution < 1.29 is 17.9 Å². The van der Waals surface area contributed by atoms with E-state index in [4.69, 9.17) is 15.2 Å². The van der Waals surface area contributed by atoms with Gasteiger partial charge in [0.2, 0.25) is 10.0 Å². The van der Waals surface area contributed by atoms with E-state index in [1.165, 1.54) is 6.07 Å². The van der Waals surface area contributed by atoms with Gasteiger partial charge in [0.05, 0.1) is 11.5 Å². The average Bonchev–Trinajstić information content (AvgIpc) is 2.89. The van der Waals surface area contributed by atoms with Crippen LogP contribution in [0.15, 0.2) is 27.6 Å². The summed E-state index contributed by atoms with van der Waals surface area (Å²) in [6.45, 7) is 1.11. The number of nitrogens with two attached hydrogens (primary N) is 1. The normalized spacial score (nSPS) is 23.1. The molecule has 3 N–H and O–H groups in total. The molecule has 1 saturated heterocycles. The maximum atomic E-state index is 12.3. The first-order valence-electron chi connectivity index (χ1n) is 6.06. The molecule has 0 bridgehead atoms. The van der Waals surface area contributed by atoms with Crippen molar-refractivity contribution in [1.29, 1.82) is 0 Å². The van der Waals surface area contributed by atoms with Crippen molar-refractivity contribution >= 4 is 31.6 Å². The number of hydrogen-bond donors (Lipinski definition) is 2. The maximum Gasteiger partial charge on any atom is 0.241 e. The molecule has 8 heteroatoms. The van der Waals surface area contributed by atoms with E-state index < -0.39 is 15.6 Å². The van der Waals surface area contributed by atoms with Gasteiger partial charge in [-0.25, -0.2) is 13.1 Å². The van der Waals surface area contributed by atoms with Crippen molar-refractivity contribution in [1.82, 2.24) is 4.72 Å². The zero-order valence-corrected chi connectivity index (χ0v) is 13.5. The fraction of sp³-hybridized carbons (Fsp3) is 0.500. The molecule has 0 aromatic heterocycles. The Morgan fingerprint density at radius 2 is 2.30 bits per heavy atom. The van der Waals surface area contributed by atoms with E-state index in [9.17, 15) is 8.42 Å². The quantitative estimate of drug-likeness (QED) is 0.763. The lowest BCUT2D eigenvalue weighted by atomic mass is 10.0. The summed E-state index contributed by atoms with van der Waals surface area (Å²) in [4.78, 5) is 0.114. The predicted molar refractivity (Wildman–Crippen MR) is 78.9 cm³/mol. The van der Waals surface area contributed by atoms with Crippen molar-refractivity contribution in [2.75, 3.05) is 32.6 Å². The molecule has 0 radical (unpaired) electrons. The largest absolute Gasteiger partial charge is 0.399 e. The highest BCUT2D eigenvalue weighted by Gasteiger charge is 2.36. The molecule has 1 heterocycles. The molecule has 0 spiro atoms. The Kier molecular flexibility index (Phi) is 4.70. The number of rotatable bonds is 5. The fourth-order valence-electron chi connectivity index (χ4n) is 1.99. The van der Waals surface area contributed by atoms with Crippen LogP contribution >= 0.6 is 15.9 Å². The average molecular weight is 365 g/mol. The van der Waals surface area contributed by atoms with Gasteiger partial charge in [0.1, 0.15) is 5.60 Å². The smallest absolute Gasteiger partial charge is 0.241 e. The molecular formula is C12H17BrN2O4S. The third-order valence-corrected chi connectivity index (χ3v) is 5.72. The first-order valence-corrected chi connectivity index (χ1v) is 8.34. The van der Waals surface area contributed by atoms with Crippen LogP contribution in [0, 0.1) is 0 Å². The molecule has 1 atom stereocenters. The molecule has 6 nitrogen and oxygen atoms in total. The standard InChI is InChI=1S/C12H17BrN2O4S/c1-18-12(4-5-19-8-12)7-15-20(16,17)11-6-9(14)2-3-10(11)13/h2-3,6,15H,4-5,7-8,14H2,1H3. The van der Waals surface area contributed by atoms with Gasteiger partial charge in [-0.3, -0.25) is 0 Å². The van der Waals surface area contributed by atoms with Crippen LogP contribution in [0.1, 0.15) is 6.42 Å². The number of anilines is 1. The summed E-state index contributed by atoms with van der Waals surface area (Å²) in [5.74, 6) is 0. The van der Waals surface area contributed by atoms with Crippen LogP contribution in [-0.2, 0) is 19.5 Å². The van der Waals surface area contributed by atoms with Crippen LogP contribution in [-0.4, -0.2) is 40.9 Å². The first-order chi connectivity index (χ1) is 9.38. The molecule has 0 saturated carbocycles. The fourth-order valence-corrected chi connectivity index (χ4v) is 4.10. The number of nitrogen functional groups attached to an aromatic ring is 1. The molecule has 1 aliphatic rings. The lowest BCUT2D eigenvalue weighted by Gasteiger charge is -2.25. The van der Waals surface area contributed by atoms with Gasteiger partial charge in [-0.05, 0) is 34.1 Å². The number of methoxy groups -OCH3 is 1. The molecule has 20 heavy (non-hydrogen) atoms. The number of sulfonamides is 1. The van der Waals surface area contributed by atoms with Crippen molar-refractivity contribution in [2.24, 2.45) is 0 Å². The summed E-state index contributed by atoms with van der Waals surface area (Å²) in [7, 11) is -2.11. The molecule has 112 valence electrons. The monoisotopic (exact) mass is 364 g/mol. The van der Waals surface area contributed by atoms with Gasteiger partial charge in [-0.15, -0.1) is 0 Å². The lowest BCUT2D eigenvalue weighted by molar-refractivity contribution is -0.0120. The minimum atomic E-state index is -3.66. The minimum absolute atomic E-state index is 0.114. The number of benzene rings is 1. The molecule has 1 aromatic carbocycles. The topological polar surface area (TPSA) is 90.7 Å². The zero-order chi connectivity index (χ0) is 14.8. The second-order valence-electron chi connectivity index (χ2n) is 4.70. The van der Waals surface area contributed by atoms with Gasteiger partial charge in [0.15, 0.2) is 0 Å². The van der Waals surface area contributed by atoms with E-state index in [1.54, 1.807) is 19.2 Å². The van der Waals surface area contributed by atoms with Gasteiger partial charge >= 0.3 is 0 Å². The van der Waals surface area contributed by atoms with E-state index >= 15 is 0 Å². The van der Waals surface area contributed by atoms with E-state index in [2.05, 4.69) is 20.7 Å². The van der Waals surface area contributed by atoms with Crippen LogP contribution in [0.25, 0.3) is 0 Å². The highest BCUT2D eigenvalue weighted by atomic mass is 79.9. The van der Waals surface area contributed by atoms with Gasteiger partial charge in [-0.1, -0.05) is 0 Å². The Labute approximate surface area is 126 Å². The minimum Gasteiger partial charge on any atom is -0.399 e. The second kappa shape index (κ2) is 5.98. The van der Waals surface area contributed by atoms with Crippen molar-refractivity contribution in [3.05, 3.63) is 22.7 Å². The summed E-state index contributed by atoms with van der Waals surface area (Å²) in [5, 5.41) is 0. The van der Waals surface area contributed by atoms with Crippen LogP contribution in [0.4, 0.5) is 5.69 Å². The summed E-state index contributed by atoms with van der Waals surface area (Å²) < 4.78 is 38.4. The number of hydrogen-bond acceptors (Lipinski definition) is 5. The third kappa shape index (κ3) is 3.32. The zero-order valence-electron chi connectivity index (χ0n) is 11.1. The van der Waals surface area contributed by atoms with E-state index in [1.807, 2.05) is 0 Å². The first kappa shape index (κ1) is 15.7. The van der Waals surface area contributed by atoms with E-state index in [0.29, 0.717) is 29.8 Å². The summed E-state index contributed by atoms with van der Waals surface area (Å²) in [6, 6.07) is 4.65. The molecular weight excluding hydrogens is 348 g/mol. The number of halogens is 1. The summed E-state index contributed by atoms with van der Waals surface area (Å²) in [6.07, 6.45) is 0.657. The van der Waals surface area contributed by atoms with Gasteiger partial charge < -0.3 is 15.2 Å². The van der Waals surface area contributed by atoms with Crippen LogP contribution in [0.5, 0.6) is 0 Å². The summed E-state index contributed by atoms with van der Waals surface area (Å²) >= 11 is 3.22. The van der Waals surface area contributed by atoms with Crippen LogP contribution in [0.2, 0.25) is 0 Å². The van der Waals surface area contributed by atoms with Crippen LogP contribution in [0.3, 0.4) is 0 Å². The summed E-state index contributed by atoms with van der Waals surface area (Å²) in [5.41, 5.74) is 5.43. The number of nitrogens with one attached hydrogen (secondary N) is 1.